The van der Waals surface area contributed by atoms with E-state index in [1.165, 1.54) is 12.0 Å². The van der Waals surface area contributed by atoms with E-state index in [0.29, 0.717) is 37.8 Å². The minimum Gasteiger partial charge on any atom is -0.478 e. The molecule has 0 spiro atoms. The van der Waals surface area contributed by atoms with Gasteiger partial charge < -0.3 is 19.3 Å². The minimum atomic E-state index is -0.957. The molecule has 5 aromatic rings. The van der Waals surface area contributed by atoms with Gasteiger partial charge in [-0.3, -0.25) is 4.79 Å². The van der Waals surface area contributed by atoms with Crippen LogP contribution in [0.1, 0.15) is 70.2 Å². The van der Waals surface area contributed by atoms with Crippen LogP contribution >= 0.6 is 11.3 Å². The van der Waals surface area contributed by atoms with Crippen molar-refractivity contribution >= 4 is 45.0 Å². The maximum Gasteiger partial charge on any atom is 0.336 e. The number of rotatable bonds is 6. The normalized spacial score (nSPS) is 16.1. The molecule has 1 aliphatic heterocycles. The van der Waals surface area contributed by atoms with Crippen molar-refractivity contribution in [3.8, 4) is 21.8 Å². The number of aryl methyl sites for hydroxylation is 3. The Morgan fingerprint density at radius 3 is 2.47 bits per heavy atom. The lowest BCUT2D eigenvalue weighted by Gasteiger charge is -2.28. The second-order valence-corrected chi connectivity index (χ2v) is 13.6. The fourth-order valence-corrected chi connectivity index (χ4v) is 8.26. The summed E-state index contributed by atoms with van der Waals surface area (Å²) in [7, 11) is 0. The fraction of sp³-hybridized carbons (Fsp3) is 0.389. The molecule has 0 atom stereocenters. The lowest BCUT2D eigenvalue weighted by molar-refractivity contribution is -0.135. The highest BCUT2D eigenvalue weighted by molar-refractivity contribution is 7.15. The number of carbonyl (C=O) groups is 2. The molecule has 2 fully saturated rings. The van der Waals surface area contributed by atoms with Gasteiger partial charge in [0, 0.05) is 23.9 Å². The number of fused-ring (bicyclic) bond motifs is 2. The molecule has 8 nitrogen and oxygen atoms in total. The van der Waals surface area contributed by atoms with E-state index in [0.717, 1.165) is 80.0 Å². The standard InChI is InChI=1S/C36H38N4O4S/c1-21-27(36(42)43)11-12-28-32(24-7-5-4-6-8-24)34(40(33(21)28)20-31(41)39-15-17-44-18-16-39)26-10-13-29-25(19-26)9-14-30(38-29)35-22(2)37-23(3)45-35/h9-14,19,24H,4-8,15-18,20H2,1-3H3,(H,42,43). The number of hydrogen-bond acceptors (Lipinski definition) is 6. The largest absolute Gasteiger partial charge is 0.478 e. The second kappa shape index (κ2) is 12.0. The Labute approximate surface area is 266 Å². The molecule has 0 radical (unpaired) electrons. The summed E-state index contributed by atoms with van der Waals surface area (Å²) in [5.74, 6) is -0.602. The zero-order valence-corrected chi connectivity index (χ0v) is 26.9. The Morgan fingerprint density at radius 1 is 0.978 bits per heavy atom. The van der Waals surface area contributed by atoms with Gasteiger partial charge in [-0.2, -0.15) is 0 Å². The molecule has 1 saturated heterocycles. The Hall–Kier alpha value is -4.08. The number of aromatic nitrogens is 3. The number of carboxylic acid groups (broad SMARTS) is 1. The first-order valence-corrected chi connectivity index (χ1v) is 16.7. The van der Waals surface area contributed by atoms with Crippen molar-refractivity contribution in [3.05, 3.63) is 69.9 Å². The smallest absolute Gasteiger partial charge is 0.336 e. The summed E-state index contributed by atoms with van der Waals surface area (Å²) >= 11 is 1.66. The summed E-state index contributed by atoms with van der Waals surface area (Å²) in [5, 5.41) is 13.2. The lowest BCUT2D eigenvalue weighted by Crippen LogP contribution is -2.42. The zero-order chi connectivity index (χ0) is 31.2. The van der Waals surface area contributed by atoms with Crippen LogP contribution in [0.4, 0.5) is 0 Å². The summed E-state index contributed by atoms with van der Waals surface area (Å²) in [4.78, 5) is 38.7. The predicted octanol–water partition coefficient (Wildman–Crippen LogP) is 7.51. The number of hydrogen-bond donors (Lipinski definition) is 1. The molecule has 1 N–H and O–H groups in total. The summed E-state index contributed by atoms with van der Waals surface area (Å²) in [6, 6.07) is 14.3. The molecule has 7 rings (SSSR count). The van der Waals surface area contributed by atoms with E-state index in [9.17, 15) is 14.7 Å². The monoisotopic (exact) mass is 622 g/mol. The molecular formula is C36H38N4O4S. The summed E-state index contributed by atoms with van der Waals surface area (Å²) in [5.41, 5.74) is 7.89. The van der Waals surface area contributed by atoms with Crippen LogP contribution in [0.2, 0.25) is 0 Å². The number of thiazole rings is 1. The zero-order valence-electron chi connectivity index (χ0n) is 26.1. The van der Waals surface area contributed by atoms with Crippen molar-refractivity contribution < 1.29 is 19.4 Å². The molecular weight excluding hydrogens is 584 g/mol. The molecule has 1 amide bonds. The van der Waals surface area contributed by atoms with Crippen LogP contribution in [0.25, 0.3) is 43.6 Å². The van der Waals surface area contributed by atoms with Crippen LogP contribution in [-0.4, -0.2) is 62.7 Å². The van der Waals surface area contributed by atoms with Gasteiger partial charge in [0.05, 0.1) is 56.8 Å². The maximum atomic E-state index is 13.8. The van der Waals surface area contributed by atoms with Gasteiger partial charge in [0.1, 0.15) is 6.54 Å². The number of carboxylic acids is 1. The van der Waals surface area contributed by atoms with Crippen molar-refractivity contribution in [1.29, 1.82) is 0 Å². The Kier molecular flexibility index (Phi) is 7.91. The molecule has 2 aromatic carbocycles. The van der Waals surface area contributed by atoms with Gasteiger partial charge in [-0.05, 0) is 80.5 Å². The van der Waals surface area contributed by atoms with Crippen LogP contribution in [0.15, 0.2) is 42.5 Å². The molecule has 0 unspecified atom stereocenters. The van der Waals surface area contributed by atoms with Crippen LogP contribution in [0.5, 0.6) is 0 Å². The third kappa shape index (κ3) is 5.42. The van der Waals surface area contributed by atoms with Crippen molar-refractivity contribution in [2.75, 3.05) is 26.3 Å². The Balaban J connectivity index is 1.44. The van der Waals surface area contributed by atoms with Gasteiger partial charge in [-0.25, -0.2) is 14.8 Å². The Morgan fingerprint density at radius 2 is 1.76 bits per heavy atom. The van der Waals surface area contributed by atoms with Crippen LogP contribution < -0.4 is 0 Å². The summed E-state index contributed by atoms with van der Waals surface area (Å²) in [6.45, 7) is 8.24. The third-order valence-corrected chi connectivity index (χ3v) is 10.6. The number of benzene rings is 2. The van der Waals surface area contributed by atoms with Crippen LogP contribution in [-0.2, 0) is 16.1 Å². The predicted molar refractivity (Wildman–Crippen MR) is 178 cm³/mol. The highest BCUT2D eigenvalue weighted by Crippen LogP contribution is 2.46. The number of amides is 1. The molecule has 2 aliphatic rings. The van der Waals surface area contributed by atoms with E-state index >= 15 is 0 Å². The summed E-state index contributed by atoms with van der Waals surface area (Å²) < 4.78 is 7.63. The van der Waals surface area contributed by atoms with Crippen LogP contribution in [0.3, 0.4) is 0 Å². The quantitative estimate of drug-likeness (QED) is 0.211. The van der Waals surface area contributed by atoms with Gasteiger partial charge in [0.2, 0.25) is 5.91 Å². The van der Waals surface area contributed by atoms with E-state index < -0.39 is 5.97 Å². The second-order valence-electron chi connectivity index (χ2n) is 12.4. The van der Waals surface area contributed by atoms with Crippen LogP contribution in [0, 0.1) is 20.8 Å². The average Bonchev–Trinajstić information content (AvgIpc) is 3.57. The van der Waals surface area contributed by atoms with Crippen molar-refractivity contribution in [3.63, 3.8) is 0 Å². The molecule has 45 heavy (non-hydrogen) atoms. The molecule has 1 aliphatic carbocycles. The number of aromatic carboxylic acids is 1. The Bertz CT molecular complexity index is 1950. The van der Waals surface area contributed by atoms with Gasteiger partial charge in [-0.15, -0.1) is 11.3 Å². The maximum absolute atomic E-state index is 13.8. The summed E-state index contributed by atoms with van der Waals surface area (Å²) in [6.07, 6.45) is 5.71. The van der Waals surface area contributed by atoms with E-state index in [1.54, 1.807) is 17.4 Å². The van der Waals surface area contributed by atoms with Crippen molar-refractivity contribution in [1.82, 2.24) is 19.4 Å². The third-order valence-electron chi connectivity index (χ3n) is 9.52. The first kappa shape index (κ1) is 29.6. The molecule has 0 bridgehead atoms. The minimum absolute atomic E-state index is 0.0223. The van der Waals surface area contributed by atoms with Gasteiger partial charge in [0.25, 0.3) is 0 Å². The number of nitrogens with zero attached hydrogens (tertiary/aromatic N) is 4. The van der Waals surface area contributed by atoms with Gasteiger partial charge in [0.15, 0.2) is 0 Å². The molecule has 9 heteroatoms. The molecule has 3 aromatic heterocycles. The van der Waals surface area contributed by atoms with Crippen molar-refractivity contribution in [2.24, 2.45) is 0 Å². The lowest BCUT2D eigenvalue weighted by atomic mass is 9.81. The van der Waals surface area contributed by atoms with E-state index in [-0.39, 0.29) is 18.0 Å². The SMILES string of the molecule is Cc1nc(C)c(-c2ccc3cc(-c4c(C5CCCCC5)c5ccc(C(=O)O)c(C)c5n4CC(=O)N4CCOCC4)ccc3n2)s1. The molecule has 1 saturated carbocycles. The highest BCUT2D eigenvalue weighted by atomic mass is 32.1. The molecule has 4 heterocycles. The van der Waals surface area contributed by atoms with Gasteiger partial charge >= 0.3 is 5.97 Å². The first-order valence-electron chi connectivity index (χ1n) is 15.9. The topological polar surface area (TPSA) is 97.5 Å². The van der Waals surface area contributed by atoms with E-state index in [1.807, 2.05) is 31.7 Å². The van der Waals surface area contributed by atoms with Crippen molar-refractivity contribution in [2.45, 2.75) is 65.3 Å². The van der Waals surface area contributed by atoms with E-state index in [4.69, 9.17) is 9.72 Å². The molecule has 232 valence electrons. The first-order chi connectivity index (χ1) is 21.8. The van der Waals surface area contributed by atoms with E-state index in [2.05, 4.69) is 39.9 Å². The average molecular weight is 623 g/mol. The number of carbonyl (C=O) groups excluding carboxylic acids is 1. The number of morpholine rings is 1. The number of ether oxygens (including phenoxy) is 1. The number of pyridine rings is 1. The van der Waals surface area contributed by atoms with Gasteiger partial charge in [-0.1, -0.05) is 37.5 Å². The fourth-order valence-electron chi connectivity index (χ4n) is 7.37. The highest BCUT2D eigenvalue weighted by Gasteiger charge is 2.30.